The Morgan fingerprint density at radius 3 is 2.27 bits per heavy atom. The Labute approximate surface area is 73.7 Å². The van der Waals surface area contributed by atoms with Gasteiger partial charge >= 0.3 is 1.43 Å². The second-order valence-electron chi connectivity index (χ2n) is 3.18. The number of hydrogen-bond acceptors (Lipinski definition) is 0. The van der Waals surface area contributed by atoms with Crippen LogP contribution in [0.3, 0.4) is 0 Å². The minimum absolute atomic E-state index is 0. The molecule has 0 radical (unpaired) electrons. The standard InChI is InChI=1S/C10H11Cl/c11-10-6-4-9(5-7-10)8-2-1-3-8/h4-8H,1-3H2/p+1. The van der Waals surface area contributed by atoms with Crippen LogP contribution in [0.1, 0.15) is 32.2 Å². The fourth-order valence-electron chi connectivity index (χ4n) is 1.48. The second kappa shape index (κ2) is 2.86. The Kier molecular flexibility index (Phi) is 1.87. The van der Waals surface area contributed by atoms with E-state index in [-0.39, 0.29) is 1.43 Å². The molecule has 0 amide bonds. The van der Waals surface area contributed by atoms with Crippen molar-refractivity contribution in [2.75, 3.05) is 0 Å². The third kappa shape index (κ3) is 1.41. The predicted octanol–water partition coefficient (Wildman–Crippen LogP) is 3.72. The molecule has 0 spiro atoms. The maximum atomic E-state index is 5.78. The highest BCUT2D eigenvalue weighted by molar-refractivity contribution is 6.30. The molecular formula is C10H12Cl+. The van der Waals surface area contributed by atoms with E-state index in [2.05, 4.69) is 12.1 Å². The maximum Gasteiger partial charge on any atom is 1.00 e. The lowest BCUT2D eigenvalue weighted by Gasteiger charge is -2.25. The molecule has 1 aromatic rings. The first-order chi connectivity index (χ1) is 5.36. The van der Waals surface area contributed by atoms with Gasteiger partial charge in [-0.3, -0.25) is 0 Å². The molecule has 0 N–H and O–H groups in total. The summed E-state index contributed by atoms with van der Waals surface area (Å²) in [6, 6.07) is 8.25. The van der Waals surface area contributed by atoms with E-state index in [1.165, 1.54) is 24.8 Å². The normalized spacial score (nSPS) is 17.9. The molecule has 0 aliphatic heterocycles. The van der Waals surface area contributed by atoms with Crippen LogP contribution in [0.4, 0.5) is 0 Å². The molecule has 0 aromatic heterocycles. The third-order valence-electron chi connectivity index (χ3n) is 2.45. The molecule has 1 aliphatic carbocycles. The molecule has 11 heavy (non-hydrogen) atoms. The zero-order valence-corrected chi connectivity index (χ0v) is 7.14. The van der Waals surface area contributed by atoms with Gasteiger partial charge in [-0.05, 0) is 36.5 Å². The average Bonchev–Trinajstić information content (AvgIpc) is 1.90. The average molecular weight is 168 g/mol. The molecule has 0 saturated heterocycles. The van der Waals surface area contributed by atoms with E-state index in [1.807, 2.05) is 12.1 Å². The van der Waals surface area contributed by atoms with E-state index < -0.39 is 0 Å². The fourth-order valence-corrected chi connectivity index (χ4v) is 1.60. The van der Waals surface area contributed by atoms with Gasteiger partial charge in [-0.1, -0.05) is 30.2 Å². The highest BCUT2D eigenvalue weighted by Crippen LogP contribution is 2.36. The Hall–Kier alpha value is -0.490. The number of halogens is 1. The minimum atomic E-state index is 0. The number of rotatable bonds is 1. The lowest BCUT2D eigenvalue weighted by molar-refractivity contribution is 0.420. The predicted molar refractivity (Wildman–Crippen MR) is 49.2 cm³/mol. The zero-order valence-electron chi connectivity index (χ0n) is 7.39. The van der Waals surface area contributed by atoms with Crippen molar-refractivity contribution < 1.29 is 1.43 Å². The van der Waals surface area contributed by atoms with Crippen molar-refractivity contribution in [3.63, 3.8) is 0 Å². The summed E-state index contributed by atoms with van der Waals surface area (Å²) >= 11 is 5.78. The van der Waals surface area contributed by atoms with Gasteiger partial charge in [-0.15, -0.1) is 0 Å². The van der Waals surface area contributed by atoms with Gasteiger partial charge in [0.1, 0.15) is 0 Å². The smallest absolute Gasteiger partial charge is 0.0843 e. The van der Waals surface area contributed by atoms with Crippen LogP contribution in [0.15, 0.2) is 24.3 Å². The lowest BCUT2D eigenvalue weighted by atomic mass is 9.80. The molecule has 0 unspecified atom stereocenters. The van der Waals surface area contributed by atoms with Crippen molar-refractivity contribution >= 4 is 11.6 Å². The molecule has 58 valence electrons. The van der Waals surface area contributed by atoms with Crippen molar-refractivity contribution in [2.45, 2.75) is 25.2 Å². The van der Waals surface area contributed by atoms with Crippen LogP contribution in [-0.4, -0.2) is 0 Å². The van der Waals surface area contributed by atoms with Crippen LogP contribution >= 0.6 is 11.6 Å². The summed E-state index contributed by atoms with van der Waals surface area (Å²) in [6.45, 7) is 0. The van der Waals surface area contributed by atoms with Crippen LogP contribution in [0, 0.1) is 0 Å². The van der Waals surface area contributed by atoms with E-state index in [4.69, 9.17) is 11.6 Å². The number of hydrogen-bond donors (Lipinski definition) is 0. The summed E-state index contributed by atoms with van der Waals surface area (Å²) in [6.07, 6.45) is 4.12. The van der Waals surface area contributed by atoms with Crippen molar-refractivity contribution in [1.82, 2.24) is 0 Å². The van der Waals surface area contributed by atoms with Crippen molar-refractivity contribution in [1.29, 1.82) is 0 Å². The van der Waals surface area contributed by atoms with Crippen LogP contribution < -0.4 is 0 Å². The van der Waals surface area contributed by atoms with Crippen LogP contribution in [0.5, 0.6) is 0 Å². The van der Waals surface area contributed by atoms with E-state index in [0.717, 1.165) is 10.9 Å². The highest BCUT2D eigenvalue weighted by Gasteiger charge is 2.18. The van der Waals surface area contributed by atoms with Gasteiger partial charge in [0.25, 0.3) is 0 Å². The third-order valence-corrected chi connectivity index (χ3v) is 2.70. The van der Waals surface area contributed by atoms with Gasteiger partial charge in [-0.2, -0.15) is 0 Å². The maximum absolute atomic E-state index is 5.78. The Morgan fingerprint density at radius 1 is 1.18 bits per heavy atom. The van der Waals surface area contributed by atoms with Crippen molar-refractivity contribution in [3.05, 3.63) is 34.9 Å². The first kappa shape index (κ1) is 7.17. The molecule has 0 atom stereocenters. The lowest BCUT2D eigenvalue weighted by Crippen LogP contribution is -2.07. The molecular weight excluding hydrogens is 156 g/mol. The second-order valence-corrected chi connectivity index (χ2v) is 3.62. The monoisotopic (exact) mass is 167 g/mol. The Balaban J connectivity index is 0.000000720. The fraction of sp³-hybridized carbons (Fsp3) is 0.400. The van der Waals surface area contributed by atoms with Crippen molar-refractivity contribution in [2.24, 2.45) is 0 Å². The molecule has 1 saturated carbocycles. The van der Waals surface area contributed by atoms with Crippen LogP contribution in [0.25, 0.3) is 0 Å². The first-order valence-corrected chi connectivity index (χ1v) is 4.49. The summed E-state index contributed by atoms with van der Waals surface area (Å²) in [5.41, 5.74) is 1.46. The van der Waals surface area contributed by atoms with Gasteiger partial charge in [-0.25, -0.2) is 0 Å². The Morgan fingerprint density at radius 2 is 1.82 bits per heavy atom. The van der Waals surface area contributed by atoms with Gasteiger partial charge < -0.3 is 0 Å². The SMILES string of the molecule is Clc1ccc(C2CCC2)cc1.[H+]. The number of benzene rings is 1. The minimum Gasteiger partial charge on any atom is -0.0843 e. The molecule has 0 nitrogen and oxygen atoms in total. The first-order valence-electron chi connectivity index (χ1n) is 4.12. The summed E-state index contributed by atoms with van der Waals surface area (Å²) in [4.78, 5) is 0. The largest absolute Gasteiger partial charge is 1.00 e. The molecule has 1 aromatic carbocycles. The van der Waals surface area contributed by atoms with Crippen molar-refractivity contribution in [3.8, 4) is 0 Å². The van der Waals surface area contributed by atoms with E-state index in [0.29, 0.717) is 0 Å². The van der Waals surface area contributed by atoms with E-state index in [9.17, 15) is 0 Å². The summed E-state index contributed by atoms with van der Waals surface area (Å²) < 4.78 is 0. The zero-order chi connectivity index (χ0) is 7.68. The molecule has 1 aliphatic rings. The van der Waals surface area contributed by atoms with Crippen LogP contribution in [0.2, 0.25) is 5.02 Å². The molecule has 2 rings (SSSR count). The molecule has 1 fully saturated rings. The summed E-state index contributed by atoms with van der Waals surface area (Å²) in [5, 5.41) is 0.841. The van der Waals surface area contributed by atoms with Crippen LogP contribution in [-0.2, 0) is 0 Å². The quantitative estimate of drug-likeness (QED) is 0.598. The van der Waals surface area contributed by atoms with Gasteiger partial charge in [0.2, 0.25) is 0 Å². The Bertz CT molecular complexity index is 239. The molecule has 0 heterocycles. The van der Waals surface area contributed by atoms with Gasteiger partial charge in [0.05, 0.1) is 0 Å². The molecule has 0 bridgehead atoms. The van der Waals surface area contributed by atoms with Gasteiger partial charge in [0, 0.05) is 5.02 Å². The topological polar surface area (TPSA) is 0 Å². The summed E-state index contributed by atoms with van der Waals surface area (Å²) in [5.74, 6) is 0.826. The van der Waals surface area contributed by atoms with E-state index >= 15 is 0 Å². The van der Waals surface area contributed by atoms with Gasteiger partial charge in [0.15, 0.2) is 0 Å². The van der Waals surface area contributed by atoms with E-state index in [1.54, 1.807) is 0 Å². The highest BCUT2D eigenvalue weighted by atomic mass is 35.5. The summed E-state index contributed by atoms with van der Waals surface area (Å²) in [7, 11) is 0. The molecule has 1 heteroatoms.